The second kappa shape index (κ2) is 6690. The predicted molar refractivity (Wildman–Crippen MR) is 67.7 cm³/mol. The smallest absolute Gasteiger partial charge is 0.0319 e. The highest BCUT2D eigenvalue weighted by Gasteiger charge is 0.934. The summed E-state index contributed by atoms with van der Waals surface area (Å²) in [5.74, 6) is 0. The van der Waals surface area contributed by atoms with Crippen molar-refractivity contribution >= 4 is 12.6 Å². The van der Waals surface area contributed by atoms with Crippen LogP contribution in [0.3, 0.4) is 0 Å². The molecule has 0 saturated carbocycles. The van der Waals surface area contributed by atoms with Gasteiger partial charge in [0, 0.05) is 12.8 Å². The Kier molecular flexibility index (Phi) is 32200. The van der Waals surface area contributed by atoms with Crippen molar-refractivity contribution in [2.45, 2.75) is 42.5 Å². The van der Waals surface area contributed by atoms with Crippen LogP contribution in [0, 0.1) is 0 Å². The average Bonchev–Trinajstić information content (AvgIpc) is 2.03. The Balaban J connectivity index is -0.00000000167. The summed E-state index contributed by atoms with van der Waals surface area (Å²) in [6.07, 6.45) is 1.69. The number of aliphatic hydroxyl groups is 1. The molecule has 0 aromatic heterocycles. The molecule has 0 atom stereocenters. The third kappa shape index (κ3) is 4620. The van der Waals surface area contributed by atoms with E-state index >= 15 is 0 Å². The number of hydrogen-bond donors (Lipinski definition) is 2. The fourth-order valence-electron chi connectivity index (χ4n) is 0. The standard InChI is InChI=1S/2C2H6.CH4O.CH4S.2CH4.4H2/c4*1-2;;;;;;/h2*1-2H3;2*2H,1H3;2*1H4;4*1H/i;;;;;;4*1+2. The average molecular weight is 188 g/mol. The molecule has 0 unspecified atom stereocenters. The summed E-state index contributed by atoms with van der Waals surface area (Å²) in [7, 11) is 1.00. The van der Waals surface area contributed by atoms with Crippen LogP contribution in [0.15, 0.2) is 0 Å². The molecule has 1 N–H and O–H groups in total. The topological polar surface area (TPSA) is 20.2 Å². The van der Waals surface area contributed by atoms with Crippen LogP contribution < -0.4 is 0 Å². The summed E-state index contributed by atoms with van der Waals surface area (Å²) >= 11 is 3.53. The molecule has 0 aliphatic carbocycles. The first-order valence-electron chi connectivity index (χ1n) is 2.89. The lowest BCUT2D eigenvalue weighted by Gasteiger charge is -1.21. The van der Waals surface area contributed by atoms with Gasteiger partial charge in [0.05, 0.1) is 0 Å². The Labute approximate surface area is 80.2 Å². The summed E-state index contributed by atoms with van der Waals surface area (Å²) in [5.41, 5.74) is 0. The van der Waals surface area contributed by atoms with Crippen LogP contribution in [0.25, 0.3) is 0 Å². The number of aliphatic hydroxyl groups excluding tert-OH is 1. The monoisotopic (exact) mass is 188 g/mol. The first kappa shape index (κ1) is 48.1. The minimum absolute atomic E-state index is 0. The molecule has 0 heterocycles. The lowest BCUT2D eigenvalue weighted by molar-refractivity contribution is 0.399. The predicted octanol–water partition coefficient (Wildman–Crippen LogP) is 4.46. The van der Waals surface area contributed by atoms with Crippen LogP contribution in [0.4, 0.5) is 0 Å². The second-order valence-electron chi connectivity index (χ2n) is 0. The van der Waals surface area contributed by atoms with Crippen molar-refractivity contribution in [3.8, 4) is 0 Å². The van der Waals surface area contributed by atoms with E-state index in [9.17, 15) is 0 Å². The summed E-state index contributed by atoms with van der Waals surface area (Å²) in [6, 6.07) is 0. The van der Waals surface area contributed by atoms with Crippen molar-refractivity contribution in [1.29, 1.82) is 0 Å². The number of hydrogen-bond acceptors (Lipinski definition) is 2. The largest absolute Gasteiger partial charge is 0.400 e. The van der Waals surface area contributed by atoms with Crippen LogP contribution in [0.5, 0.6) is 0 Å². The van der Waals surface area contributed by atoms with Crippen molar-refractivity contribution in [3.63, 3.8) is 0 Å². The van der Waals surface area contributed by atoms with E-state index in [-0.39, 0.29) is 20.6 Å². The number of rotatable bonds is 0. The van der Waals surface area contributed by atoms with Crippen LogP contribution in [-0.2, 0) is 0 Å². The van der Waals surface area contributed by atoms with E-state index in [0.29, 0.717) is 0 Å². The molecule has 0 aromatic rings. The molecule has 0 aliphatic heterocycles. The molecule has 0 saturated heterocycles. The Hall–Kier alpha value is 0.310. The molecule has 0 bridgehead atoms. The fraction of sp³-hybridized carbons (Fsp3) is 1.00. The maximum absolute atomic E-state index is 7.00. The SMILES string of the molecule is C.C.CC.CC.CO.CS.[3HH].[3HH].[3HH].[3HH]. The van der Waals surface area contributed by atoms with E-state index in [1.54, 1.807) is 6.26 Å². The zero-order valence-electron chi connectivity index (χ0n) is 6.89. The third-order valence-corrected chi connectivity index (χ3v) is 0. The van der Waals surface area contributed by atoms with Crippen molar-refractivity contribution in [1.82, 2.24) is 0 Å². The molecule has 10 heavy (non-hydrogen) atoms. The first-order valence-corrected chi connectivity index (χ1v) is 3.79. The first-order chi connectivity index (χ1) is 4.00. The van der Waals surface area contributed by atoms with E-state index in [2.05, 4.69) is 12.6 Å². The van der Waals surface area contributed by atoms with Crippen LogP contribution in [-0.4, -0.2) is 18.5 Å². The highest BCUT2D eigenvalue weighted by Crippen LogP contribution is 1.31. The van der Waals surface area contributed by atoms with Crippen molar-refractivity contribution in [2.75, 3.05) is 13.4 Å². The van der Waals surface area contributed by atoms with Crippen molar-refractivity contribution < 1.29 is 10.8 Å². The third-order valence-electron chi connectivity index (χ3n) is 0. The highest BCUT2D eigenvalue weighted by molar-refractivity contribution is 7.79. The van der Waals surface area contributed by atoms with Crippen LogP contribution >= 0.6 is 12.6 Å². The Morgan fingerprint density at radius 2 is 0.800 bits per heavy atom. The van der Waals surface area contributed by atoms with Gasteiger partial charge in [-0.3, -0.25) is 0 Å². The molecular formula is C8H36OS. The molecular weight excluding hydrogens is 144 g/mol. The van der Waals surface area contributed by atoms with E-state index in [1.165, 1.54) is 0 Å². The molecule has 0 amide bonds. The Morgan fingerprint density at radius 1 is 0.800 bits per heavy atom. The van der Waals surface area contributed by atoms with Crippen LogP contribution in [0.1, 0.15) is 48.3 Å². The van der Waals surface area contributed by atoms with Gasteiger partial charge in [-0.2, -0.15) is 12.6 Å². The van der Waals surface area contributed by atoms with Gasteiger partial charge in [-0.1, -0.05) is 42.5 Å². The Bertz CT molecular complexity index is 21.3. The van der Waals surface area contributed by atoms with E-state index in [4.69, 9.17) is 5.11 Å². The van der Waals surface area contributed by atoms with Gasteiger partial charge in [-0.25, -0.2) is 0 Å². The lowest BCUT2D eigenvalue weighted by Crippen LogP contribution is -1.25. The zero-order valence-corrected chi connectivity index (χ0v) is 7.79. The van der Waals surface area contributed by atoms with Crippen molar-refractivity contribution in [3.05, 3.63) is 0 Å². The molecule has 0 radical (unpaired) electrons. The summed E-state index contributed by atoms with van der Waals surface area (Å²) in [6.45, 7) is 8.00. The minimum atomic E-state index is 0. The fourth-order valence-corrected chi connectivity index (χ4v) is 0. The zero-order chi connectivity index (χ0) is 8.00. The van der Waals surface area contributed by atoms with Gasteiger partial charge in [0.1, 0.15) is 0 Å². The normalized spacial score (nSPS) is 2.40. The summed E-state index contributed by atoms with van der Waals surface area (Å²) in [4.78, 5) is 0. The van der Waals surface area contributed by atoms with Gasteiger partial charge in [0.15, 0.2) is 0 Å². The van der Waals surface area contributed by atoms with E-state index in [1.807, 2.05) is 27.7 Å². The molecule has 2 heteroatoms. The highest BCUT2D eigenvalue weighted by atomic mass is 32.1. The van der Waals surface area contributed by atoms with Gasteiger partial charge >= 0.3 is 0 Å². The van der Waals surface area contributed by atoms with Gasteiger partial charge in [0.2, 0.25) is 0 Å². The van der Waals surface area contributed by atoms with Crippen molar-refractivity contribution in [2.24, 2.45) is 0 Å². The molecule has 1 nitrogen and oxygen atoms in total. The summed E-state index contributed by atoms with van der Waals surface area (Å²) < 4.78 is 0. The van der Waals surface area contributed by atoms with Gasteiger partial charge in [-0.05, 0) is 6.26 Å². The van der Waals surface area contributed by atoms with Gasteiger partial charge < -0.3 is 5.11 Å². The quantitative estimate of drug-likeness (QED) is 0.538. The molecule has 0 rings (SSSR count). The van der Waals surface area contributed by atoms with Crippen LogP contribution in [0.2, 0.25) is 0 Å². The molecule has 0 fully saturated rings. The lowest BCUT2D eigenvalue weighted by atomic mass is 11.0. The maximum atomic E-state index is 7.00. The van der Waals surface area contributed by atoms with E-state index in [0.717, 1.165) is 7.11 Å². The van der Waals surface area contributed by atoms with Gasteiger partial charge in [0.25, 0.3) is 0 Å². The second-order valence-corrected chi connectivity index (χ2v) is 0. The Morgan fingerprint density at radius 3 is 0.800 bits per heavy atom. The molecule has 0 aromatic carbocycles. The number of thiol groups is 1. The molecule has 0 spiro atoms. The maximum Gasteiger partial charge on any atom is 0.0319 e. The summed E-state index contributed by atoms with van der Waals surface area (Å²) in [5, 5.41) is 7.00. The minimum Gasteiger partial charge on any atom is -0.400 e. The van der Waals surface area contributed by atoms with Gasteiger partial charge in [-0.15, -0.1) is 0 Å². The molecule has 80 valence electrons. The van der Waals surface area contributed by atoms with E-state index < -0.39 is 0 Å². The molecule has 0 aliphatic rings.